The topological polar surface area (TPSA) is 63.1 Å². The Morgan fingerprint density at radius 3 is 2.32 bits per heavy atom. The average Bonchev–Trinajstić information content (AvgIpc) is 3.22. The van der Waals surface area contributed by atoms with Crippen LogP contribution >= 0.6 is 0 Å². The third-order valence-electron chi connectivity index (χ3n) is 4.88. The SMILES string of the molecule is CCc1ccc(C(CNC(=O)c2ccc(Cn3cncn3)cc2)N(C)C)cc1. The lowest BCUT2D eigenvalue weighted by atomic mass is 10.0. The number of hydrogen-bond donors (Lipinski definition) is 1. The molecule has 0 aliphatic carbocycles. The van der Waals surface area contributed by atoms with Gasteiger partial charge >= 0.3 is 0 Å². The van der Waals surface area contributed by atoms with Crippen LogP contribution in [-0.2, 0) is 13.0 Å². The van der Waals surface area contributed by atoms with Gasteiger partial charge in [-0.1, -0.05) is 43.3 Å². The van der Waals surface area contributed by atoms with Gasteiger partial charge in [0, 0.05) is 12.1 Å². The van der Waals surface area contributed by atoms with E-state index in [1.165, 1.54) is 17.5 Å². The normalized spacial score (nSPS) is 12.1. The maximum atomic E-state index is 12.6. The summed E-state index contributed by atoms with van der Waals surface area (Å²) in [7, 11) is 4.06. The fourth-order valence-electron chi connectivity index (χ4n) is 3.13. The zero-order valence-corrected chi connectivity index (χ0v) is 16.7. The van der Waals surface area contributed by atoms with Gasteiger partial charge in [-0.15, -0.1) is 0 Å². The summed E-state index contributed by atoms with van der Waals surface area (Å²) < 4.78 is 1.75. The number of amides is 1. The molecule has 28 heavy (non-hydrogen) atoms. The molecule has 0 fully saturated rings. The van der Waals surface area contributed by atoms with Crippen molar-refractivity contribution >= 4 is 5.91 Å². The second-order valence-corrected chi connectivity index (χ2v) is 7.07. The highest BCUT2D eigenvalue weighted by molar-refractivity contribution is 5.94. The molecule has 0 aliphatic rings. The van der Waals surface area contributed by atoms with Crippen LogP contribution in [0.2, 0.25) is 0 Å². The first kappa shape index (κ1) is 19.8. The van der Waals surface area contributed by atoms with Crippen LogP contribution in [0.3, 0.4) is 0 Å². The summed E-state index contributed by atoms with van der Waals surface area (Å²) in [5.41, 5.74) is 4.24. The third kappa shape index (κ3) is 5.04. The number of carbonyl (C=O) groups is 1. The number of aromatic nitrogens is 3. The van der Waals surface area contributed by atoms with Crippen LogP contribution in [0.4, 0.5) is 0 Å². The van der Waals surface area contributed by atoms with Crippen molar-refractivity contribution in [2.24, 2.45) is 0 Å². The molecule has 146 valence electrons. The summed E-state index contributed by atoms with van der Waals surface area (Å²) in [6.45, 7) is 3.34. The Morgan fingerprint density at radius 1 is 1.07 bits per heavy atom. The van der Waals surface area contributed by atoms with Crippen molar-refractivity contribution in [3.05, 3.63) is 83.4 Å². The molecule has 1 amide bonds. The van der Waals surface area contributed by atoms with E-state index in [0.717, 1.165) is 12.0 Å². The van der Waals surface area contributed by atoms with Gasteiger partial charge in [0.05, 0.1) is 12.6 Å². The van der Waals surface area contributed by atoms with Gasteiger partial charge in [0.15, 0.2) is 0 Å². The van der Waals surface area contributed by atoms with Crippen LogP contribution in [0.5, 0.6) is 0 Å². The van der Waals surface area contributed by atoms with E-state index in [-0.39, 0.29) is 11.9 Å². The van der Waals surface area contributed by atoms with Crippen molar-refractivity contribution in [1.82, 2.24) is 25.0 Å². The van der Waals surface area contributed by atoms with Gasteiger partial charge in [-0.25, -0.2) is 9.67 Å². The first-order valence-corrected chi connectivity index (χ1v) is 9.51. The van der Waals surface area contributed by atoms with E-state index < -0.39 is 0 Å². The van der Waals surface area contributed by atoms with E-state index in [1.807, 2.05) is 38.4 Å². The third-order valence-corrected chi connectivity index (χ3v) is 4.88. The van der Waals surface area contributed by atoms with E-state index in [4.69, 9.17) is 0 Å². The Bertz CT molecular complexity index is 870. The molecule has 0 spiro atoms. The number of nitrogens with zero attached hydrogens (tertiary/aromatic N) is 4. The molecule has 1 unspecified atom stereocenters. The Kier molecular flexibility index (Phi) is 6.55. The number of nitrogens with one attached hydrogen (secondary N) is 1. The van der Waals surface area contributed by atoms with Crippen molar-refractivity contribution < 1.29 is 4.79 Å². The van der Waals surface area contributed by atoms with Gasteiger partial charge in [0.2, 0.25) is 0 Å². The number of aryl methyl sites for hydroxylation is 1. The average molecular weight is 377 g/mol. The lowest BCUT2D eigenvalue weighted by molar-refractivity contribution is 0.0942. The van der Waals surface area contributed by atoms with E-state index >= 15 is 0 Å². The highest BCUT2D eigenvalue weighted by Gasteiger charge is 2.16. The Hall–Kier alpha value is -2.99. The van der Waals surface area contributed by atoms with Crippen molar-refractivity contribution in [1.29, 1.82) is 0 Å². The molecule has 1 heterocycles. The van der Waals surface area contributed by atoms with Crippen molar-refractivity contribution in [3.63, 3.8) is 0 Å². The first-order chi connectivity index (χ1) is 13.6. The minimum Gasteiger partial charge on any atom is -0.350 e. The second-order valence-electron chi connectivity index (χ2n) is 7.07. The molecule has 6 heteroatoms. The van der Waals surface area contributed by atoms with E-state index in [0.29, 0.717) is 18.7 Å². The fraction of sp³-hybridized carbons (Fsp3) is 0.318. The fourth-order valence-corrected chi connectivity index (χ4v) is 3.13. The Balaban J connectivity index is 1.60. The van der Waals surface area contributed by atoms with Gasteiger partial charge in [-0.2, -0.15) is 5.10 Å². The van der Waals surface area contributed by atoms with Gasteiger partial charge in [0.25, 0.3) is 5.91 Å². The minimum absolute atomic E-state index is 0.0654. The van der Waals surface area contributed by atoms with E-state index in [9.17, 15) is 4.79 Å². The van der Waals surface area contributed by atoms with Gasteiger partial charge in [-0.3, -0.25) is 4.79 Å². The summed E-state index contributed by atoms with van der Waals surface area (Å²) in [5, 5.41) is 7.16. The van der Waals surface area contributed by atoms with Crippen LogP contribution in [0.1, 0.15) is 40.0 Å². The summed E-state index contributed by atoms with van der Waals surface area (Å²) in [5.74, 6) is -0.0654. The molecule has 0 aliphatic heterocycles. The molecule has 1 N–H and O–H groups in total. The molecule has 2 aromatic carbocycles. The standard InChI is InChI=1S/C22H27N5O/c1-4-17-5-9-19(10-6-17)21(26(2)3)13-24-22(28)20-11-7-18(8-12-20)14-27-16-23-15-25-27/h5-12,15-16,21H,4,13-14H2,1-3H3,(H,24,28). The maximum absolute atomic E-state index is 12.6. The first-order valence-electron chi connectivity index (χ1n) is 9.51. The summed E-state index contributed by atoms with van der Waals surface area (Å²) >= 11 is 0. The predicted molar refractivity (Wildman–Crippen MR) is 110 cm³/mol. The molecule has 0 saturated heterocycles. The quantitative estimate of drug-likeness (QED) is 0.656. The number of hydrogen-bond acceptors (Lipinski definition) is 4. The molecule has 3 rings (SSSR count). The summed E-state index contributed by atoms with van der Waals surface area (Å²) in [6.07, 6.45) is 4.21. The van der Waals surface area contributed by atoms with Crippen LogP contribution in [-0.4, -0.2) is 46.2 Å². The summed E-state index contributed by atoms with van der Waals surface area (Å²) in [4.78, 5) is 18.6. The smallest absolute Gasteiger partial charge is 0.251 e. The highest BCUT2D eigenvalue weighted by atomic mass is 16.1. The lowest BCUT2D eigenvalue weighted by Crippen LogP contribution is -2.34. The van der Waals surface area contributed by atoms with Crippen LogP contribution in [0.25, 0.3) is 0 Å². The Morgan fingerprint density at radius 2 is 1.75 bits per heavy atom. The molecular weight excluding hydrogens is 350 g/mol. The highest BCUT2D eigenvalue weighted by Crippen LogP contribution is 2.18. The zero-order valence-electron chi connectivity index (χ0n) is 16.7. The minimum atomic E-state index is -0.0654. The van der Waals surface area contributed by atoms with Crippen LogP contribution < -0.4 is 5.32 Å². The molecule has 3 aromatic rings. The van der Waals surface area contributed by atoms with Crippen molar-refractivity contribution in [3.8, 4) is 0 Å². The number of likely N-dealkylation sites (N-methyl/N-ethyl adjacent to an activating group) is 1. The predicted octanol–water partition coefficient (Wildman–Crippen LogP) is 2.92. The molecule has 1 aromatic heterocycles. The molecule has 0 bridgehead atoms. The van der Waals surface area contributed by atoms with Gasteiger partial charge in [0.1, 0.15) is 12.7 Å². The number of rotatable bonds is 8. The lowest BCUT2D eigenvalue weighted by Gasteiger charge is -2.25. The molecule has 6 nitrogen and oxygen atoms in total. The second kappa shape index (κ2) is 9.28. The molecule has 1 atom stereocenters. The number of carbonyl (C=O) groups excluding carboxylic acids is 1. The van der Waals surface area contributed by atoms with Crippen LogP contribution in [0.15, 0.2) is 61.2 Å². The van der Waals surface area contributed by atoms with Crippen molar-refractivity contribution in [2.45, 2.75) is 25.9 Å². The number of benzene rings is 2. The largest absolute Gasteiger partial charge is 0.350 e. The maximum Gasteiger partial charge on any atom is 0.251 e. The Labute approximate surface area is 166 Å². The van der Waals surface area contributed by atoms with Crippen molar-refractivity contribution in [2.75, 3.05) is 20.6 Å². The van der Waals surface area contributed by atoms with Gasteiger partial charge in [-0.05, 0) is 49.3 Å². The van der Waals surface area contributed by atoms with E-state index in [2.05, 4.69) is 51.5 Å². The zero-order chi connectivity index (χ0) is 19.9. The van der Waals surface area contributed by atoms with Gasteiger partial charge < -0.3 is 10.2 Å². The van der Waals surface area contributed by atoms with Crippen LogP contribution in [0, 0.1) is 0 Å². The summed E-state index contributed by atoms with van der Waals surface area (Å²) in [6, 6.07) is 16.3. The van der Waals surface area contributed by atoms with E-state index in [1.54, 1.807) is 11.0 Å². The monoisotopic (exact) mass is 377 g/mol. The molecular formula is C22H27N5O. The molecule has 0 radical (unpaired) electrons. The molecule has 0 saturated carbocycles.